The first-order valence-electron chi connectivity index (χ1n) is 14.8. The number of fused-ring (bicyclic) bond motifs is 1. The van der Waals surface area contributed by atoms with Crippen LogP contribution in [0.4, 0.5) is 4.79 Å². The maximum absolute atomic E-state index is 13.8. The van der Waals surface area contributed by atoms with E-state index in [1.807, 2.05) is 25.7 Å². The van der Waals surface area contributed by atoms with Crippen LogP contribution in [0.3, 0.4) is 0 Å². The highest BCUT2D eigenvalue weighted by Gasteiger charge is 2.50. The van der Waals surface area contributed by atoms with E-state index >= 15 is 0 Å². The topological polar surface area (TPSA) is 48.0 Å². The van der Waals surface area contributed by atoms with Crippen LogP contribution < -0.4 is 0 Å². The molecule has 0 aromatic heterocycles. The molecule has 1 fully saturated rings. The third-order valence-corrected chi connectivity index (χ3v) is 13.7. The fourth-order valence-corrected chi connectivity index (χ4v) is 7.60. The number of carbonyl (C=O) groups is 1. The summed E-state index contributed by atoms with van der Waals surface area (Å²) in [6.07, 6.45) is 0.481. The molecule has 5 nitrogen and oxygen atoms in total. The molecule has 1 aliphatic rings. The summed E-state index contributed by atoms with van der Waals surface area (Å²) in [6.45, 7) is 29.7. The van der Waals surface area contributed by atoms with Gasteiger partial charge in [0.25, 0.3) is 0 Å². The predicted octanol–water partition coefficient (Wildman–Crippen LogP) is 7.61. The van der Waals surface area contributed by atoms with Crippen LogP contribution in [0, 0.1) is 0 Å². The number of rotatable bonds is 6. The predicted molar refractivity (Wildman–Crippen MR) is 174 cm³/mol. The van der Waals surface area contributed by atoms with E-state index in [0.29, 0.717) is 23.6 Å². The van der Waals surface area contributed by atoms with Crippen LogP contribution in [-0.2, 0) is 31.0 Å². The van der Waals surface area contributed by atoms with Crippen molar-refractivity contribution in [1.29, 1.82) is 0 Å². The first-order chi connectivity index (χ1) is 18.1. The molecular formula is C33H55NO4Si2. The Labute approximate surface area is 248 Å². The number of benzene rings is 2. The van der Waals surface area contributed by atoms with Crippen molar-refractivity contribution < 1.29 is 18.4 Å². The van der Waals surface area contributed by atoms with Crippen LogP contribution in [-0.4, -0.2) is 54.1 Å². The fraction of sp³-hybridized carbons (Fsp3) is 0.667. The molecule has 0 saturated carbocycles. The molecule has 0 bridgehead atoms. The summed E-state index contributed by atoms with van der Waals surface area (Å²) in [6, 6.07) is 11.0. The molecule has 2 aromatic rings. The molecule has 1 aliphatic heterocycles. The minimum Gasteiger partial charge on any atom is -0.444 e. The van der Waals surface area contributed by atoms with E-state index in [4.69, 9.17) is 13.6 Å². The molecule has 1 amide bonds. The Balaban J connectivity index is 2.20. The van der Waals surface area contributed by atoms with E-state index in [-0.39, 0.29) is 34.1 Å². The van der Waals surface area contributed by atoms with Crippen LogP contribution >= 0.6 is 0 Å². The Hall–Kier alpha value is -1.68. The number of carbonyl (C=O) groups excluding carboxylic acids is 1. The largest absolute Gasteiger partial charge is 0.444 e. The second-order valence-corrected chi connectivity index (χ2v) is 21.1. The lowest BCUT2D eigenvalue weighted by Gasteiger charge is -2.41. The van der Waals surface area contributed by atoms with Gasteiger partial charge in [-0.2, -0.15) is 0 Å². The summed E-state index contributed by atoms with van der Waals surface area (Å²) in [7, 11) is -1.38. The van der Waals surface area contributed by atoms with Crippen molar-refractivity contribution in [2.24, 2.45) is 0 Å². The summed E-state index contributed by atoms with van der Waals surface area (Å²) in [5.41, 5.74) is 2.83. The van der Waals surface area contributed by atoms with Crippen molar-refractivity contribution >= 4 is 35.7 Å². The highest BCUT2D eigenvalue weighted by atomic mass is 28.4. The zero-order valence-electron chi connectivity index (χ0n) is 27.7. The molecule has 7 heteroatoms. The smallest absolute Gasteiger partial charge is 0.410 e. The molecule has 0 spiro atoms. The lowest BCUT2D eigenvalue weighted by Crippen LogP contribution is -2.48. The van der Waals surface area contributed by atoms with Crippen molar-refractivity contribution in [2.45, 2.75) is 136 Å². The third-order valence-electron chi connectivity index (χ3n) is 8.87. The molecule has 1 heterocycles. The first-order valence-corrected chi connectivity index (χ1v) is 18.5. The van der Waals surface area contributed by atoms with Crippen molar-refractivity contribution in [2.75, 3.05) is 6.54 Å². The molecule has 0 radical (unpaired) electrons. The molecule has 2 atom stereocenters. The standard InChI is InChI=1S/C33H55NO4Si2/c1-30(2,3)26-18-22(21-36-39)28(25-17-15-14-16-24(25)26)33(10,11)27-19-23(38-40(12,13)32(7,8)9)20-34(27)29(35)37-31(4,5)6/h14-18,23,27H,19-21H2,1-13,39H3/t23-,27-/m1/s1. The molecule has 0 aliphatic carbocycles. The molecule has 3 rings (SSSR count). The van der Waals surface area contributed by atoms with E-state index in [2.05, 4.69) is 98.8 Å². The van der Waals surface area contributed by atoms with Gasteiger partial charge >= 0.3 is 6.09 Å². The van der Waals surface area contributed by atoms with Crippen LogP contribution in [0.15, 0.2) is 30.3 Å². The second-order valence-electron chi connectivity index (χ2n) is 15.8. The van der Waals surface area contributed by atoms with Crippen molar-refractivity contribution in [3.63, 3.8) is 0 Å². The first kappa shape index (κ1) is 32.8. The van der Waals surface area contributed by atoms with Gasteiger partial charge in [-0.05, 0) is 78.2 Å². The summed E-state index contributed by atoms with van der Waals surface area (Å²) < 4.78 is 18.8. The quantitative estimate of drug-likeness (QED) is 0.327. The van der Waals surface area contributed by atoms with E-state index in [1.165, 1.54) is 27.5 Å². The molecule has 2 aromatic carbocycles. The normalized spacial score (nSPS) is 19.5. The Bertz CT molecular complexity index is 1220. The zero-order chi connectivity index (χ0) is 30.5. The van der Waals surface area contributed by atoms with E-state index in [0.717, 1.165) is 6.42 Å². The number of likely N-dealkylation sites (tertiary alicyclic amines) is 1. The van der Waals surface area contributed by atoms with Gasteiger partial charge in [-0.3, -0.25) is 0 Å². The number of nitrogens with zero attached hydrogens (tertiary/aromatic N) is 1. The van der Waals surface area contributed by atoms with Gasteiger partial charge in [0.2, 0.25) is 0 Å². The van der Waals surface area contributed by atoms with Gasteiger partial charge in [-0.25, -0.2) is 4.79 Å². The van der Waals surface area contributed by atoms with Gasteiger partial charge in [-0.1, -0.05) is 85.7 Å². The molecule has 0 unspecified atom stereocenters. The highest BCUT2D eigenvalue weighted by Crippen LogP contribution is 2.46. The average molecular weight is 586 g/mol. The maximum Gasteiger partial charge on any atom is 0.410 e. The Kier molecular flexibility index (Phi) is 9.19. The zero-order valence-corrected chi connectivity index (χ0v) is 30.7. The Morgan fingerprint density at radius 3 is 2.05 bits per heavy atom. The number of hydrogen-bond donors (Lipinski definition) is 0. The number of hydrogen-bond acceptors (Lipinski definition) is 4. The van der Waals surface area contributed by atoms with Crippen molar-refractivity contribution in [1.82, 2.24) is 4.90 Å². The minimum absolute atomic E-state index is 0.0137. The number of ether oxygens (including phenoxy) is 1. The average Bonchev–Trinajstić information content (AvgIpc) is 3.20. The van der Waals surface area contributed by atoms with Crippen molar-refractivity contribution in [3.8, 4) is 0 Å². The van der Waals surface area contributed by atoms with E-state index in [1.54, 1.807) is 0 Å². The lowest BCUT2D eigenvalue weighted by atomic mass is 9.70. The molecule has 1 saturated heterocycles. The van der Waals surface area contributed by atoms with E-state index < -0.39 is 13.9 Å². The van der Waals surface area contributed by atoms with Crippen LogP contribution in [0.25, 0.3) is 10.8 Å². The summed E-state index contributed by atoms with van der Waals surface area (Å²) in [4.78, 5) is 15.7. The monoisotopic (exact) mass is 585 g/mol. The fourth-order valence-electron chi connectivity index (χ4n) is 5.93. The minimum atomic E-state index is -2.04. The van der Waals surface area contributed by atoms with Gasteiger partial charge in [0, 0.05) is 18.0 Å². The summed E-state index contributed by atoms with van der Waals surface area (Å²) in [5, 5.41) is 2.60. The Morgan fingerprint density at radius 2 is 1.55 bits per heavy atom. The molecular weight excluding hydrogens is 531 g/mol. The van der Waals surface area contributed by atoms with Crippen LogP contribution in [0.1, 0.15) is 99.3 Å². The lowest BCUT2D eigenvalue weighted by molar-refractivity contribution is 0.0156. The van der Waals surface area contributed by atoms with Gasteiger partial charge in [0.05, 0.1) is 12.7 Å². The maximum atomic E-state index is 13.8. The molecule has 40 heavy (non-hydrogen) atoms. The van der Waals surface area contributed by atoms with Crippen LogP contribution in [0.2, 0.25) is 18.1 Å². The van der Waals surface area contributed by atoms with Gasteiger partial charge in [0.15, 0.2) is 8.32 Å². The molecule has 0 N–H and O–H groups in total. The second kappa shape index (κ2) is 11.2. The van der Waals surface area contributed by atoms with E-state index in [9.17, 15) is 4.79 Å². The Morgan fingerprint density at radius 1 is 0.975 bits per heavy atom. The van der Waals surface area contributed by atoms with Gasteiger partial charge in [-0.15, -0.1) is 0 Å². The highest BCUT2D eigenvalue weighted by molar-refractivity contribution is 6.74. The SMILES string of the molecule is CC(C)(C)OC(=O)N1C[C@H](O[Si](C)(C)C(C)(C)C)C[C@@H]1C(C)(C)c1c(CO[SiH3])cc(C(C)(C)C)c2ccccc12. The summed E-state index contributed by atoms with van der Waals surface area (Å²) in [5.74, 6) is 0. The number of amides is 1. The van der Waals surface area contributed by atoms with Crippen molar-refractivity contribution in [3.05, 3.63) is 47.0 Å². The van der Waals surface area contributed by atoms with Crippen LogP contribution in [0.5, 0.6) is 0 Å². The third kappa shape index (κ3) is 6.85. The molecule has 224 valence electrons. The van der Waals surface area contributed by atoms with Gasteiger partial charge < -0.3 is 18.5 Å². The van der Waals surface area contributed by atoms with Gasteiger partial charge in [0.1, 0.15) is 16.1 Å². The summed E-state index contributed by atoms with van der Waals surface area (Å²) >= 11 is 0.